The van der Waals surface area contributed by atoms with Crippen molar-refractivity contribution < 1.29 is 24.2 Å². The third-order valence-corrected chi connectivity index (χ3v) is 12.2. The van der Waals surface area contributed by atoms with Crippen molar-refractivity contribution >= 4 is 62.6 Å². The lowest BCUT2D eigenvalue weighted by molar-refractivity contribution is 0.0686. The lowest BCUT2D eigenvalue weighted by Gasteiger charge is -2.35. The van der Waals surface area contributed by atoms with Crippen LogP contribution in [0.5, 0.6) is 11.5 Å². The zero-order valence-corrected chi connectivity index (χ0v) is 35.5. The van der Waals surface area contributed by atoms with Crippen LogP contribution in [0.3, 0.4) is 0 Å². The van der Waals surface area contributed by atoms with Gasteiger partial charge in [-0.15, -0.1) is 0 Å². The zero-order valence-electron chi connectivity index (χ0n) is 34.0. The normalized spacial score (nSPS) is 14.0. The number of benzene rings is 3. The molecule has 0 fully saturated rings. The summed E-state index contributed by atoms with van der Waals surface area (Å²) in [5, 5.41) is 13.2. The molecular formula is C46H44Cl2N6O5. The predicted molar refractivity (Wildman–Crippen MR) is 232 cm³/mol. The highest BCUT2D eigenvalue weighted by Gasteiger charge is 2.38. The Kier molecular flexibility index (Phi) is 10.6. The highest BCUT2D eigenvalue weighted by molar-refractivity contribution is 6.35. The Morgan fingerprint density at radius 1 is 0.898 bits per heavy atom. The Hall–Kier alpha value is -5.91. The average molecular weight is 832 g/mol. The standard InChI is InChI=1S/C46H44Cl2N6O5/c1-24-14-15-49-30(17-24)22-52-37(46(56)57)20-34-38(58-7)13-12-36(42(34)52)53-21-27(4)54-43-33(10-11-35(47)40(43)39-28(5)50-23-51-29(39)6)32(44(54)45(53)55)9-8-16-59-31-18-25(2)41(48)26(3)19-31/h10-15,17-20,23,27H,8-9,16,21-22H2,1-7H3,(H,56,57)/t27-/m1/s1. The summed E-state index contributed by atoms with van der Waals surface area (Å²) in [7, 11) is 1.55. The Balaban J connectivity index is 1.30. The second-order valence-electron chi connectivity index (χ2n) is 15.3. The molecule has 7 aromatic rings. The van der Waals surface area contributed by atoms with E-state index >= 15 is 4.79 Å². The summed E-state index contributed by atoms with van der Waals surface area (Å²) in [6, 6.07) is 16.6. The molecule has 0 aliphatic carbocycles. The number of carboxylic acid groups (broad SMARTS) is 1. The first-order valence-corrected chi connectivity index (χ1v) is 20.2. The van der Waals surface area contributed by atoms with Gasteiger partial charge in [0.2, 0.25) is 0 Å². The van der Waals surface area contributed by atoms with Crippen molar-refractivity contribution in [2.45, 2.75) is 67.0 Å². The van der Waals surface area contributed by atoms with Crippen LogP contribution < -0.4 is 14.4 Å². The smallest absolute Gasteiger partial charge is 0.352 e. The topological polar surface area (TPSA) is 125 Å². The summed E-state index contributed by atoms with van der Waals surface area (Å²) in [4.78, 5) is 43.7. The fraction of sp³-hybridized carbons (Fsp3) is 0.283. The molecule has 1 amide bonds. The van der Waals surface area contributed by atoms with Crippen LogP contribution in [-0.4, -0.2) is 61.3 Å². The summed E-state index contributed by atoms with van der Waals surface area (Å²) >= 11 is 13.6. The third kappa shape index (κ3) is 6.95. The maximum Gasteiger partial charge on any atom is 0.352 e. The van der Waals surface area contributed by atoms with Crippen molar-refractivity contribution in [3.63, 3.8) is 0 Å². The van der Waals surface area contributed by atoms with Gasteiger partial charge in [-0.05, 0) is 125 Å². The highest BCUT2D eigenvalue weighted by atomic mass is 35.5. The van der Waals surface area contributed by atoms with Gasteiger partial charge in [0.15, 0.2) is 0 Å². The number of hydrogen-bond donors (Lipinski definition) is 1. The van der Waals surface area contributed by atoms with Gasteiger partial charge in [-0.3, -0.25) is 9.78 Å². The number of pyridine rings is 1. The average Bonchev–Trinajstić information content (AvgIpc) is 3.74. The number of methoxy groups -OCH3 is 1. The fourth-order valence-corrected chi connectivity index (χ4v) is 9.03. The Bertz CT molecular complexity index is 2800. The second-order valence-corrected chi connectivity index (χ2v) is 16.1. The molecule has 0 radical (unpaired) electrons. The van der Waals surface area contributed by atoms with E-state index in [2.05, 4.69) is 26.4 Å². The SMILES string of the molecule is COc1ccc(N2C[C@@H](C)n3c(c(CCCOc4cc(C)c(Cl)c(C)c4)c4ccc(Cl)c(-c5c(C)ncnc5C)c43)C2=O)c2c1cc(C(=O)O)n2Cc1cc(C)ccn1. The van der Waals surface area contributed by atoms with Gasteiger partial charge in [0, 0.05) is 57.1 Å². The molecule has 5 heterocycles. The van der Waals surface area contributed by atoms with Crippen molar-refractivity contribution in [3.05, 3.63) is 128 Å². The van der Waals surface area contributed by atoms with E-state index in [1.165, 1.54) is 0 Å². The maximum absolute atomic E-state index is 15.5. The molecule has 0 spiro atoms. The quantitative estimate of drug-likeness (QED) is 0.128. The Morgan fingerprint density at radius 2 is 1.63 bits per heavy atom. The van der Waals surface area contributed by atoms with Crippen molar-refractivity contribution in [1.82, 2.24) is 24.1 Å². The van der Waals surface area contributed by atoms with E-state index in [1.54, 1.807) is 41.2 Å². The molecule has 4 aromatic heterocycles. The van der Waals surface area contributed by atoms with Crippen molar-refractivity contribution in [3.8, 4) is 22.6 Å². The number of halogens is 2. The third-order valence-electron chi connectivity index (χ3n) is 11.3. The second kappa shape index (κ2) is 15.7. The van der Waals surface area contributed by atoms with Crippen LogP contribution in [0.2, 0.25) is 10.0 Å². The molecule has 11 nitrogen and oxygen atoms in total. The van der Waals surface area contributed by atoms with E-state index in [4.69, 9.17) is 32.7 Å². The molecule has 13 heteroatoms. The van der Waals surface area contributed by atoms with Gasteiger partial charge in [-0.25, -0.2) is 14.8 Å². The first-order chi connectivity index (χ1) is 28.3. The number of nitrogens with zero attached hydrogens (tertiary/aromatic N) is 6. The lowest BCUT2D eigenvalue weighted by atomic mass is 9.97. The minimum Gasteiger partial charge on any atom is -0.496 e. The van der Waals surface area contributed by atoms with E-state index in [-0.39, 0.29) is 24.2 Å². The molecule has 1 aliphatic rings. The number of amides is 1. The molecule has 1 N–H and O–H groups in total. The minimum atomic E-state index is -1.10. The lowest BCUT2D eigenvalue weighted by Crippen LogP contribution is -2.43. The number of carbonyl (C=O) groups is 2. The van der Waals surface area contributed by atoms with Crippen LogP contribution in [0, 0.1) is 34.6 Å². The first-order valence-electron chi connectivity index (χ1n) is 19.5. The predicted octanol–water partition coefficient (Wildman–Crippen LogP) is 10.3. The van der Waals surface area contributed by atoms with Gasteiger partial charge in [0.05, 0.1) is 47.7 Å². The molecule has 1 atom stereocenters. The number of aryl methyl sites for hydroxylation is 6. The van der Waals surface area contributed by atoms with Crippen molar-refractivity contribution in [2.75, 3.05) is 25.2 Å². The van der Waals surface area contributed by atoms with Crippen LogP contribution in [0.1, 0.15) is 79.7 Å². The van der Waals surface area contributed by atoms with Gasteiger partial charge < -0.3 is 28.6 Å². The number of hydrogen-bond acceptors (Lipinski definition) is 7. The molecule has 59 heavy (non-hydrogen) atoms. The number of ether oxygens (including phenoxy) is 2. The van der Waals surface area contributed by atoms with Gasteiger partial charge in [-0.1, -0.05) is 29.3 Å². The summed E-state index contributed by atoms with van der Waals surface area (Å²) in [5.74, 6) is -0.0886. The summed E-state index contributed by atoms with van der Waals surface area (Å²) in [6.45, 7) is 12.7. The minimum absolute atomic E-state index is 0.0579. The van der Waals surface area contributed by atoms with Crippen LogP contribution in [0.4, 0.5) is 5.69 Å². The van der Waals surface area contributed by atoms with E-state index in [0.717, 1.165) is 66.4 Å². The van der Waals surface area contributed by atoms with Gasteiger partial charge >= 0.3 is 5.97 Å². The maximum atomic E-state index is 15.5. The molecule has 0 saturated carbocycles. The molecule has 0 bridgehead atoms. The number of fused-ring (bicyclic) bond motifs is 4. The molecule has 8 rings (SSSR count). The van der Waals surface area contributed by atoms with Crippen molar-refractivity contribution in [2.24, 2.45) is 0 Å². The van der Waals surface area contributed by atoms with Gasteiger partial charge in [0.1, 0.15) is 29.2 Å². The molecule has 0 saturated heterocycles. The number of aromatic carboxylic acids is 1. The van der Waals surface area contributed by atoms with Crippen LogP contribution in [0.25, 0.3) is 32.9 Å². The number of carbonyl (C=O) groups excluding carboxylic acids is 1. The Labute approximate surface area is 352 Å². The van der Waals surface area contributed by atoms with Gasteiger partial charge in [0.25, 0.3) is 5.91 Å². The number of anilines is 1. The molecule has 1 aliphatic heterocycles. The number of aromatic nitrogens is 5. The van der Waals surface area contributed by atoms with E-state index in [9.17, 15) is 9.90 Å². The largest absolute Gasteiger partial charge is 0.496 e. The molecular weight excluding hydrogens is 787 g/mol. The first kappa shape index (κ1) is 39.9. The van der Waals surface area contributed by atoms with Gasteiger partial charge in [-0.2, -0.15) is 0 Å². The summed E-state index contributed by atoms with van der Waals surface area (Å²) < 4.78 is 15.9. The van der Waals surface area contributed by atoms with Crippen molar-refractivity contribution in [1.29, 1.82) is 0 Å². The molecule has 3 aromatic carbocycles. The van der Waals surface area contributed by atoms with Crippen LogP contribution in [0.15, 0.2) is 67.1 Å². The number of rotatable bonds is 11. The molecule has 302 valence electrons. The summed E-state index contributed by atoms with van der Waals surface area (Å²) in [5.41, 5.74) is 10.2. The summed E-state index contributed by atoms with van der Waals surface area (Å²) in [6.07, 6.45) is 4.39. The van der Waals surface area contributed by atoms with Crippen LogP contribution in [-0.2, 0) is 13.0 Å². The zero-order chi connectivity index (χ0) is 41.9. The fourth-order valence-electron chi connectivity index (χ4n) is 8.68. The number of carboxylic acids is 1. The van der Waals surface area contributed by atoms with E-state index in [0.29, 0.717) is 64.7 Å². The molecule has 0 unspecified atom stereocenters. The van der Waals surface area contributed by atoms with Crippen LogP contribution >= 0.6 is 23.2 Å². The Morgan fingerprint density at radius 3 is 2.31 bits per heavy atom. The van der Waals surface area contributed by atoms with E-state index in [1.807, 2.05) is 77.1 Å². The monoisotopic (exact) mass is 830 g/mol. The highest BCUT2D eigenvalue weighted by Crippen LogP contribution is 2.46. The van der Waals surface area contributed by atoms with E-state index < -0.39 is 5.97 Å².